The first kappa shape index (κ1) is 14.2. The van der Waals surface area contributed by atoms with Crippen molar-refractivity contribution in [3.8, 4) is 0 Å². The Bertz CT molecular complexity index is 586. The monoisotopic (exact) mass is 292 g/mol. The molecule has 1 heterocycles. The largest absolute Gasteiger partial charge is 0.471 e. The molecule has 0 radical (unpaired) electrons. The molecular weight excluding hydrogens is 284 g/mol. The third-order valence-corrected chi connectivity index (χ3v) is 3.01. The van der Waals surface area contributed by atoms with E-state index in [4.69, 9.17) is 0 Å². The highest BCUT2D eigenvalue weighted by molar-refractivity contribution is 5.82. The van der Waals surface area contributed by atoms with Crippen molar-refractivity contribution in [3.63, 3.8) is 0 Å². The van der Waals surface area contributed by atoms with Gasteiger partial charge in [-0.05, 0) is 23.6 Å². The summed E-state index contributed by atoms with van der Waals surface area (Å²) in [7, 11) is 0. The number of carbonyl (C=O) groups is 1. The number of nitro benzene ring substituents is 1. The van der Waals surface area contributed by atoms with E-state index in [0.717, 1.165) is 12.1 Å². The number of hydrogen-bond acceptors (Lipinski definition) is 3. The zero-order valence-electron chi connectivity index (χ0n) is 9.91. The van der Waals surface area contributed by atoms with Crippen LogP contribution in [-0.2, 0) is 17.8 Å². The third-order valence-electron chi connectivity index (χ3n) is 3.01. The summed E-state index contributed by atoms with van der Waals surface area (Å²) in [4.78, 5) is 21.3. The first-order valence-corrected chi connectivity index (χ1v) is 5.52. The summed E-state index contributed by atoms with van der Waals surface area (Å²) < 4.78 is 50.3. The van der Waals surface area contributed by atoms with Gasteiger partial charge in [-0.25, -0.2) is 0 Å². The average Bonchev–Trinajstić information content (AvgIpc) is 2.35. The van der Waals surface area contributed by atoms with Gasteiger partial charge in [0.1, 0.15) is 0 Å². The molecule has 0 N–H and O–H groups in total. The lowest BCUT2D eigenvalue weighted by atomic mass is 9.98. The maximum absolute atomic E-state index is 13.4. The number of amides is 1. The number of hydrogen-bond donors (Lipinski definition) is 0. The molecule has 0 atom stereocenters. The van der Waals surface area contributed by atoms with E-state index in [9.17, 15) is 32.5 Å². The van der Waals surface area contributed by atoms with E-state index in [0.29, 0.717) is 10.5 Å². The summed E-state index contributed by atoms with van der Waals surface area (Å²) in [6.07, 6.45) is -4.98. The van der Waals surface area contributed by atoms with Crippen LogP contribution in [0.2, 0.25) is 0 Å². The quantitative estimate of drug-likeness (QED) is 0.453. The molecule has 9 heteroatoms. The highest BCUT2D eigenvalue weighted by Crippen LogP contribution is 2.29. The van der Waals surface area contributed by atoms with Crippen molar-refractivity contribution >= 4 is 11.6 Å². The van der Waals surface area contributed by atoms with E-state index >= 15 is 0 Å². The van der Waals surface area contributed by atoms with Gasteiger partial charge in [0.15, 0.2) is 0 Å². The Morgan fingerprint density at radius 2 is 1.95 bits per heavy atom. The lowest BCUT2D eigenvalue weighted by Gasteiger charge is -2.29. The van der Waals surface area contributed by atoms with Crippen molar-refractivity contribution in [2.24, 2.45) is 0 Å². The van der Waals surface area contributed by atoms with E-state index in [1.807, 2.05) is 0 Å². The van der Waals surface area contributed by atoms with Crippen molar-refractivity contribution in [1.82, 2.24) is 4.90 Å². The number of carbonyl (C=O) groups excluding carboxylic acids is 1. The van der Waals surface area contributed by atoms with Crippen LogP contribution in [0.3, 0.4) is 0 Å². The van der Waals surface area contributed by atoms with Crippen molar-refractivity contribution < 1.29 is 27.3 Å². The molecule has 1 amide bonds. The first-order chi connectivity index (χ1) is 9.20. The molecule has 1 aromatic rings. The van der Waals surface area contributed by atoms with Crippen molar-refractivity contribution in [3.05, 3.63) is 39.2 Å². The molecular formula is C11H8F4N2O3. The highest BCUT2D eigenvalue weighted by atomic mass is 19.4. The molecule has 1 aromatic carbocycles. The van der Waals surface area contributed by atoms with Gasteiger partial charge in [-0.2, -0.15) is 17.6 Å². The fourth-order valence-corrected chi connectivity index (χ4v) is 2.06. The number of nitro groups is 1. The lowest BCUT2D eigenvalue weighted by Crippen LogP contribution is -2.43. The van der Waals surface area contributed by atoms with Crippen LogP contribution in [-0.4, -0.2) is 28.5 Å². The van der Waals surface area contributed by atoms with Gasteiger partial charge in [0.2, 0.25) is 5.82 Å². The molecule has 20 heavy (non-hydrogen) atoms. The maximum atomic E-state index is 13.4. The number of nitrogens with zero attached hydrogens (tertiary/aromatic N) is 2. The topological polar surface area (TPSA) is 63.5 Å². The minimum atomic E-state index is -5.00. The molecule has 1 aliphatic rings. The molecule has 0 aromatic heterocycles. The maximum Gasteiger partial charge on any atom is 0.471 e. The van der Waals surface area contributed by atoms with Gasteiger partial charge in [0, 0.05) is 19.2 Å². The summed E-state index contributed by atoms with van der Waals surface area (Å²) in [6.45, 7) is -0.628. The van der Waals surface area contributed by atoms with Crippen LogP contribution in [0.15, 0.2) is 12.1 Å². The van der Waals surface area contributed by atoms with Crippen molar-refractivity contribution in [2.45, 2.75) is 19.1 Å². The molecule has 108 valence electrons. The molecule has 5 nitrogen and oxygen atoms in total. The number of fused-ring (bicyclic) bond motifs is 1. The number of benzene rings is 1. The fourth-order valence-electron chi connectivity index (χ4n) is 2.06. The van der Waals surface area contributed by atoms with Crippen LogP contribution < -0.4 is 0 Å². The Hall–Kier alpha value is -2.19. The zero-order chi connectivity index (χ0) is 15.1. The van der Waals surface area contributed by atoms with Crippen LogP contribution in [0.4, 0.5) is 23.2 Å². The molecule has 0 unspecified atom stereocenters. The van der Waals surface area contributed by atoms with Gasteiger partial charge in [-0.1, -0.05) is 0 Å². The highest BCUT2D eigenvalue weighted by Gasteiger charge is 2.43. The van der Waals surface area contributed by atoms with Crippen LogP contribution in [0, 0.1) is 15.9 Å². The summed E-state index contributed by atoms with van der Waals surface area (Å²) in [5.41, 5.74) is -0.286. The standard InChI is InChI=1S/C11H8F4N2O3/c12-8-3-6-1-2-16(10(18)11(13,14)15)5-7(6)4-9(8)17(19)20/h3-4H,1-2,5H2. The Morgan fingerprint density at radius 3 is 2.50 bits per heavy atom. The van der Waals surface area contributed by atoms with Crippen LogP contribution in [0.1, 0.15) is 11.1 Å². The zero-order valence-corrected chi connectivity index (χ0v) is 9.91. The minimum Gasteiger partial charge on any atom is -0.330 e. The second-order valence-electron chi connectivity index (χ2n) is 4.30. The number of halogens is 4. The number of alkyl halides is 3. The Balaban J connectivity index is 2.32. The van der Waals surface area contributed by atoms with E-state index in [-0.39, 0.29) is 18.5 Å². The normalized spacial score (nSPS) is 14.9. The minimum absolute atomic E-state index is 0.0199. The average molecular weight is 292 g/mol. The smallest absolute Gasteiger partial charge is 0.330 e. The van der Waals surface area contributed by atoms with Gasteiger partial charge >= 0.3 is 17.8 Å². The van der Waals surface area contributed by atoms with Crippen molar-refractivity contribution in [2.75, 3.05) is 6.54 Å². The molecule has 0 saturated heterocycles. The first-order valence-electron chi connectivity index (χ1n) is 5.52. The molecule has 0 aliphatic carbocycles. The third kappa shape index (κ3) is 2.56. The predicted octanol–water partition coefficient (Wildman–Crippen LogP) is 2.18. The van der Waals surface area contributed by atoms with Crippen molar-refractivity contribution in [1.29, 1.82) is 0 Å². The van der Waals surface area contributed by atoms with Crippen LogP contribution >= 0.6 is 0 Å². The molecule has 0 spiro atoms. The molecule has 0 saturated carbocycles. The second kappa shape index (κ2) is 4.73. The summed E-state index contributed by atoms with van der Waals surface area (Å²) in [5, 5.41) is 10.6. The van der Waals surface area contributed by atoms with Crippen LogP contribution in [0.25, 0.3) is 0 Å². The summed E-state index contributed by atoms with van der Waals surface area (Å²) in [6, 6.07) is 1.81. The van der Waals surface area contributed by atoms with Gasteiger partial charge in [-0.15, -0.1) is 0 Å². The van der Waals surface area contributed by atoms with Gasteiger partial charge in [-0.3, -0.25) is 14.9 Å². The Labute approximate surface area is 109 Å². The fraction of sp³-hybridized carbons (Fsp3) is 0.364. The second-order valence-corrected chi connectivity index (χ2v) is 4.30. The van der Waals surface area contributed by atoms with Gasteiger partial charge in [0.25, 0.3) is 0 Å². The summed E-state index contributed by atoms with van der Waals surface area (Å²) >= 11 is 0. The molecule has 1 aliphatic heterocycles. The van der Waals surface area contributed by atoms with E-state index in [2.05, 4.69) is 0 Å². The summed E-state index contributed by atoms with van der Waals surface area (Å²) in [5.74, 6) is -3.04. The molecule has 0 fully saturated rings. The van der Waals surface area contributed by atoms with Gasteiger partial charge < -0.3 is 4.90 Å². The molecule has 2 rings (SSSR count). The van der Waals surface area contributed by atoms with Crippen LogP contribution in [0.5, 0.6) is 0 Å². The number of rotatable bonds is 1. The predicted molar refractivity (Wildman–Crippen MR) is 58.2 cm³/mol. The molecule has 0 bridgehead atoms. The lowest BCUT2D eigenvalue weighted by molar-refractivity contribution is -0.387. The Morgan fingerprint density at radius 1 is 1.30 bits per heavy atom. The van der Waals surface area contributed by atoms with Gasteiger partial charge in [0.05, 0.1) is 4.92 Å². The van der Waals surface area contributed by atoms with E-state index in [1.54, 1.807) is 0 Å². The SMILES string of the molecule is O=C(N1CCc2cc(F)c([N+](=O)[O-])cc2C1)C(F)(F)F. The van der Waals surface area contributed by atoms with E-state index in [1.165, 1.54) is 0 Å². The Kier molecular flexibility index (Phi) is 3.36. The van der Waals surface area contributed by atoms with E-state index < -0.39 is 35.1 Å².